The molecule has 0 aliphatic rings. The van der Waals surface area contributed by atoms with E-state index in [1.54, 1.807) is 6.08 Å². The molecule has 8 aromatic carbocycles. The van der Waals surface area contributed by atoms with Crippen LogP contribution in [0, 0.1) is 38.1 Å². The summed E-state index contributed by atoms with van der Waals surface area (Å²) < 4.78 is 0. The summed E-state index contributed by atoms with van der Waals surface area (Å²) in [5.41, 5.74) is 9.30. The number of allylic oxidation sites excluding steroid dienone is 4. The van der Waals surface area contributed by atoms with Gasteiger partial charge in [0, 0.05) is 65.4 Å². The average molecular weight is 1170 g/mol. The Kier molecular flexibility index (Phi) is 100. The normalized spacial score (nSPS) is 7.71. The zero-order chi connectivity index (χ0) is 57.7. The molecule has 0 N–H and O–H groups in total. The quantitative estimate of drug-likeness (QED) is 0.119. The summed E-state index contributed by atoms with van der Waals surface area (Å²) >= 11 is 0. The van der Waals surface area contributed by atoms with Crippen LogP contribution in [-0.4, -0.2) is 0 Å². The van der Waals surface area contributed by atoms with Gasteiger partial charge in [-0.15, -0.1) is 24.3 Å². The smallest absolute Gasteiger partial charge is 0 e. The first-order valence-electron chi connectivity index (χ1n) is 27.5. The van der Waals surface area contributed by atoms with Gasteiger partial charge in [0.1, 0.15) is 0 Å². The van der Waals surface area contributed by atoms with Crippen molar-refractivity contribution in [2.24, 2.45) is 0 Å². The number of aryl methyl sites for hydroxylation is 2. The maximum Gasteiger partial charge on any atom is 0 e. The predicted octanol–water partition coefficient (Wildman–Crippen LogP) is 24.3. The fourth-order valence-corrected chi connectivity index (χ4v) is 4.74. The molecule has 0 nitrogen and oxygen atoms in total. The van der Waals surface area contributed by atoms with Crippen LogP contribution in [-0.2, 0) is 65.4 Å². The Hall–Kier alpha value is -4.81. The molecular formula is C74H104Y2-4. The molecule has 0 spiro atoms. The van der Waals surface area contributed by atoms with Gasteiger partial charge in [0.15, 0.2) is 0 Å². The summed E-state index contributed by atoms with van der Waals surface area (Å²) in [7, 11) is 0. The van der Waals surface area contributed by atoms with Gasteiger partial charge in [0.2, 0.25) is 0 Å². The molecule has 0 saturated heterocycles. The summed E-state index contributed by atoms with van der Waals surface area (Å²) in [5.74, 6) is 0. The van der Waals surface area contributed by atoms with Crippen LogP contribution in [0.1, 0.15) is 141 Å². The molecular weight excluding hydrogens is 1070 g/mol. The van der Waals surface area contributed by atoms with Gasteiger partial charge in [-0.25, -0.2) is 22.3 Å². The first kappa shape index (κ1) is 90.7. The van der Waals surface area contributed by atoms with Crippen LogP contribution < -0.4 is 0 Å². The molecule has 0 heterocycles. The summed E-state index contributed by atoms with van der Waals surface area (Å²) in [6, 6.07) is 86.9. The molecule has 410 valence electrons. The van der Waals surface area contributed by atoms with Crippen LogP contribution in [0.2, 0.25) is 0 Å². The predicted molar refractivity (Wildman–Crippen MR) is 345 cm³/mol. The van der Waals surface area contributed by atoms with Gasteiger partial charge in [0.25, 0.3) is 0 Å². The Morgan fingerprint density at radius 3 is 0.645 bits per heavy atom. The summed E-state index contributed by atoms with van der Waals surface area (Å²) in [5, 5.41) is 0. The molecule has 8 rings (SSSR count). The van der Waals surface area contributed by atoms with Crippen molar-refractivity contribution < 1.29 is 65.4 Å². The molecule has 0 saturated carbocycles. The van der Waals surface area contributed by atoms with Gasteiger partial charge >= 0.3 is 0 Å². The molecule has 0 aliphatic heterocycles. The maximum absolute atomic E-state index is 3.74. The first-order chi connectivity index (χ1) is 36.6. The molecule has 0 amide bonds. The second-order valence-corrected chi connectivity index (χ2v) is 12.0. The van der Waals surface area contributed by atoms with E-state index in [4.69, 9.17) is 0 Å². The molecule has 8 aromatic rings. The SMILES string of the molecule is C=C/C=C(\C=C)c1ccccc1.CC.CC.CC.CC.CC.CC.CC.CC.CC.Cc1ccccc1.Cc1ccccc1.[Y].[Y].[c-]1ccccc1-c1[c-]cccc1.[c-]1ccccc1-c1[c-]cccc1.c1ccccc1. The molecule has 2 heteroatoms. The van der Waals surface area contributed by atoms with Crippen molar-refractivity contribution in [2.45, 2.75) is 138 Å². The minimum absolute atomic E-state index is 0. The van der Waals surface area contributed by atoms with Gasteiger partial charge in [-0.2, -0.15) is 97.1 Å². The Morgan fingerprint density at radius 2 is 0.487 bits per heavy atom. The third-order valence-corrected chi connectivity index (χ3v) is 7.59. The van der Waals surface area contributed by atoms with Crippen molar-refractivity contribution in [1.29, 1.82) is 0 Å². The van der Waals surface area contributed by atoms with E-state index in [0.29, 0.717) is 0 Å². The molecule has 0 aromatic heterocycles. The van der Waals surface area contributed by atoms with Crippen molar-refractivity contribution in [3.05, 3.63) is 297 Å². The number of benzene rings is 8. The van der Waals surface area contributed by atoms with E-state index >= 15 is 0 Å². The Bertz CT molecular complexity index is 1920. The molecule has 0 atom stereocenters. The summed E-state index contributed by atoms with van der Waals surface area (Å²) in [6.07, 6.45) is 5.54. The standard InChI is InChI=1S/2C12H8.C12H12.2C7H8.C6H6.9C2H6.2Y/c2*1-3-7-11(8-4-1)12-9-5-2-6-10-12;1-3-8-11(4-2)12-9-6-5-7-10-12;2*1-7-5-3-2-4-6-7;1-2-4-6-5-3-1;9*1-2;;/h2*1-7,9H;3-10H,1-2H2;2*2-6H,1H3;1-6H;9*1-2H3;;/q2*-2;;;;;;;;;;;;;;;/b;;11-8+;;;;;;;;;;;;;;. The monoisotopic (exact) mass is 1170 g/mol. The van der Waals surface area contributed by atoms with Crippen molar-refractivity contribution in [2.75, 3.05) is 0 Å². The van der Waals surface area contributed by atoms with Crippen LogP contribution in [0.4, 0.5) is 0 Å². The van der Waals surface area contributed by atoms with Crippen LogP contribution in [0.5, 0.6) is 0 Å². The van der Waals surface area contributed by atoms with Crippen LogP contribution >= 0.6 is 0 Å². The largest absolute Gasteiger partial charge is 0.226 e. The van der Waals surface area contributed by atoms with Crippen LogP contribution in [0.3, 0.4) is 0 Å². The Labute approximate surface area is 523 Å². The molecule has 76 heavy (non-hydrogen) atoms. The van der Waals surface area contributed by atoms with Crippen LogP contribution in [0.15, 0.2) is 256 Å². The van der Waals surface area contributed by atoms with Crippen molar-refractivity contribution in [3.63, 3.8) is 0 Å². The molecule has 2 radical (unpaired) electrons. The third kappa shape index (κ3) is 58.4. The third-order valence-electron chi connectivity index (χ3n) is 7.59. The van der Waals surface area contributed by atoms with Gasteiger partial charge < -0.3 is 0 Å². The summed E-state index contributed by atoms with van der Waals surface area (Å²) in [6.45, 7) is 47.6. The van der Waals surface area contributed by atoms with Crippen LogP contribution in [0.25, 0.3) is 27.8 Å². The fourth-order valence-electron chi connectivity index (χ4n) is 4.74. The van der Waals surface area contributed by atoms with E-state index < -0.39 is 0 Å². The van der Waals surface area contributed by atoms with E-state index in [1.165, 1.54) is 16.7 Å². The van der Waals surface area contributed by atoms with E-state index in [-0.39, 0.29) is 65.4 Å². The minimum atomic E-state index is 0. The molecule has 0 bridgehead atoms. The fraction of sp³-hybridized carbons (Fsp3) is 0.270. The minimum Gasteiger partial charge on any atom is -0.226 e. The van der Waals surface area contributed by atoms with E-state index in [2.05, 4.69) is 87.7 Å². The Morgan fingerprint density at radius 1 is 0.289 bits per heavy atom. The van der Waals surface area contributed by atoms with Gasteiger partial charge in [0.05, 0.1) is 0 Å². The Balaban J connectivity index is -0.0000000961. The first-order valence-corrected chi connectivity index (χ1v) is 27.5. The van der Waals surface area contributed by atoms with Crippen molar-refractivity contribution >= 4 is 5.57 Å². The summed E-state index contributed by atoms with van der Waals surface area (Å²) in [4.78, 5) is 0. The van der Waals surface area contributed by atoms with Crippen molar-refractivity contribution in [1.82, 2.24) is 0 Å². The maximum atomic E-state index is 3.74. The zero-order valence-corrected chi connectivity index (χ0v) is 57.3. The van der Waals surface area contributed by atoms with Gasteiger partial charge in [-0.05, 0) is 25.0 Å². The van der Waals surface area contributed by atoms with E-state index in [9.17, 15) is 0 Å². The van der Waals surface area contributed by atoms with Crippen molar-refractivity contribution in [3.8, 4) is 22.3 Å². The topological polar surface area (TPSA) is 0 Å². The zero-order valence-electron chi connectivity index (χ0n) is 51.7. The second kappa shape index (κ2) is 84.2. The van der Waals surface area contributed by atoms with E-state index in [1.807, 2.05) is 325 Å². The van der Waals surface area contributed by atoms with Gasteiger partial charge in [-0.1, -0.05) is 295 Å². The van der Waals surface area contributed by atoms with E-state index in [0.717, 1.165) is 27.8 Å². The van der Waals surface area contributed by atoms with Gasteiger partial charge in [-0.3, -0.25) is 0 Å². The second-order valence-electron chi connectivity index (χ2n) is 12.0. The number of hydrogen-bond donors (Lipinski definition) is 0. The average Bonchev–Trinajstić information content (AvgIpc) is 3.54. The number of hydrogen-bond acceptors (Lipinski definition) is 0. The molecule has 0 fully saturated rings. The molecule has 0 aliphatic carbocycles. The molecule has 0 unspecified atom stereocenters. The number of rotatable bonds is 5.